The molecule has 3 rings (SSSR count). The Labute approximate surface area is 159 Å². The lowest BCUT2D eigenvalue weighted by molar-refractivity contribution is -0.134. The van der Waals surface area contributed by atoms with Crippen molar-refractivity contribution in [2.24, 2.45) is 0 Å². The van der Waals surface area contributed by atoms with E-state index < -0.39 is 5.97 Å². The molecule has 128 valence electrons. The van der Waals surface area contributed by atoms with Crippen molar-refractivity contribution in [2.75, 3.05) is 7.11 Å². The van der Waals surface area contributed by atoms with Crippen LogP contribution in [0.5, 0.6) is 0 Å². The van der Waals surface area contributed by atoms with Gasteiger partial charge < -0.3 is 4.74 Å². The molecule has 0 radical (unpaired) electrons. The van der Waals surface area contributed by atoms with Gasteiger partial charge in [-0.05, 0) is 42.0 Å². The molecule has 0 unspecified atom stereocenters. The normalized spacial score (nSPS) is 11.4. The molecule has 0 N–H and O–H groups in total. The maximum absolute atomic E-state index is 11.4. The predicted octanol–water partition coefficient (Wildman–Crippen LogP) is 5.23. The van der Waals surface area contributed by atoms with Gasteiger partial charge >= 0.3 is 5.97 Å². The molecule has 3 aromatic rings. The van der Waals surface area contributed by atoms with Crippen LogP contribution in [0.15, 0.2) is 42.5 Å². The quantitative estimate of drug-likeness (QED) is 0.449. The number of carbonyl (C=O) groups excluding carboxylic acids is 1. The monoisotopic (exact) mass is 394 g/mol. The predicted molar refractivity (Wildman–Crippen MR) is 101 cm³/mol. The van der Waals surface area contributed by atoms with E-state index in [9.17, 15) is 4.79 Å². The second-order valence-electron chi connectivity index (χ2n) is 5.30. The van der Waals surface area contributed by atoms with Gasteiger partial charge in [0.1, 0.15) is 0 Å². The van der Waals surface area contributed by atoms with Gasteiger partial charge in [0.25, 0.3) is 0 Å². The summed E-state index contributed by atoms with van der Waals surface area (Å²) in [6.45, 7) is 0.443. The van der Waals surface area contributed by atoms with E-state index in [1.807, 2.05) is 18.2 Å². The number of ether oxygens (including phenoxy) is 1. The van der Waals surface area contributed by atoms with Gasteiger partial charge in [0.05, 0.1) is 24.9 Å². The summed E-state index contributed by atoms with van der Waals surface area (Å²) in [6, 6.07) is 10.8. The molecule has 1 aromatic heterocycles. The fourth-order valence-electron chi connectivity index (χ4n) is 2.44. The molecule has 7 heteroatoms. The first-order valence-electron chi connectivity index (χ1n) is 7.34. The number of benzene rings is 2. The van der Waals surface area contributed by atoms with Gasteiger partial charge in [-0.3, -0.25) is 4.68 Å². The standard InChI is InChI=1S/C18H13Cl3N2O2/c1-25-18(24)7-6-16-14-5-4-13(20)9-17(14)23(22-16)10-11-2-3-12(19)8-15(11)21/h2-9H,10H2,1H3/b7-6+. The van der Waals surface area contributed by atoms with Crippen LogP contribution in [-0.4, -0.2) is 22.9 Å². The van der Waals surface area contributed by atoms with Crippen molar-refractivity contribution in [1.29, 1.82) is 0 Å². The van der Waals surface area contributed by atoms with Crippen molar-refractivity contribution >= 4 is 57.8 Å². The zero-order valence-corrected chi connectivity index (χ0v) is 15.4. The summed E-state index contributed by atoms with van der Waals surface area (Å²) in [4.78, 5) is 11.4. The SMILES string of the molecule is COC(=O)/C=C/c1nn(Cc2ccc(Cl)cc2Cl)c2cc(Cl)ccc12. The first-order chi connectivity index (χ1) is 12.0. The first-order valence-corrected chi connectivity index (χ1v) is 8.47. The third-order valence-corrected chi connectivity index (χ3v) is 4.48. The molecule has 0 aliphatic carbocycles. The van der Waals surface area contributed by atoms with E-state index in [1.54, 1.807) is 29.0 Å². The van der Waals surface area contributed by atoms with Crippen LogP contribution < -0.4 is 0 Å². The van der Waals surface area contributed by atoms with Crippen LogP contribution >= 0.6 is 34.8 Å². The molecule has 0 bridgehead atoms. The topological polar surface area (TPSA) is 44.1 Å². The van der Waals surface area contributed by atoms with Crippen LogP contribution in [0.2, 0.25) is 15.1 Å². The summed E-state index contributed by atoms with van der Waals surface area (Å²) < 4.78 is 6.41. The fourth-order valence-corrected chi connectivity index (χ4v) is 3.08. The molecule has 0 saturated carbocycles. The molecule has 0 aliphatic rings. The number of hydrogen-bond acceptors (Lipinski definition) is 3. The number of halogens is 3. The van der Waals surface area contributed by atoms with E-state index in [-0.39, 0.29) is 0 Å². The average Bonchev–Trinajstić information content (AvgIpc) is 2.92. The smallest absolute Gasteiger partial charge is 0.330 e. The minimum Gasteiger partial charge on any atom is -0.466 e. The Bertz CT molecular complexity index is 980. The largest absolute Gasteiger partial charge is 0.466 e. The molecule has 2 aromatic carbocycles. The van der Waals surface area contributed by atoms with Gasteiger partial charge in [-0.1, -0.05) is 40.9 Å². The number of hydrogen-bond donors (Lipinski definition) is 0. The number of rotatable bonds is 4. The van der Waals surface area contributed by atoms with Crippen LogP contribution in [0.1, 0.15) is 11.3 Å². The summed E-state index contributed by atoms with van der Waals surface area (Å²) in [5.74, 6) is -0.447. The lowest BCUT2D eigenvalue weighted by atomic mass is 10.2. The number of carbonyl (C=O) groups is 1. The number of aromatic nitrogens is 2. The minimum atomic E-state index is -0.447. The van der Waals surface area contributed by atoms with E-state index in [0.717, 1.165) is 16.5 Å². The molecule has 1 heterocycles. The summed E-state index contributed by atoms with van der Waals surface area (Å²) in [7, 11) is 1.33. The molecule has 0 fully saturated rings. The number of fused-ring (bicyclic) bond motifs is 1. The minimum absolute atomic E-state index is 0.443. The van der Waals surface area contributed by atoms with Gasteiger partial charge in [0, 0.05) is 26.5 Å². The van der Waals surface area contributed by atoms with Crippen molar-refractivity contribution in [1.82, 2.24) is 9.78 Å². The van der Waals surface area contributed by atoms with Gasteiger partial charge in [0.2, 0.25) is 0 Å². The second-order valence-corrected chi connectivity index (χ2v) is 6.58. The molecule has 0 spiro atoms. The molecular formula is C18H13Cl3N2O2. The Morgan fingerprint density at radius 2 is 1.88 bits per heavy atom. The zero-order chi connectivity index (χ0) is 18.0. The van der Waals surface area contributed by atoms with E-state index in [1.165, 1.54) is 13.2 Å². The molecular weight excluding hydrogens is 383 g/mol. The van der Waals surface area contributed by atoms with Crippen LogP contribution in [0.25, 0.3) is 17.0 Å². The van der Waals surface area contributed by atoms with Crippen LogP contribution in [0, 0.1) is 0 Å². The van der Waals surface area contributed by atoms with Crippen molar-refractivity contribution in [3.05, 3.63) is 68.8 Å². The highest BCUT2D eigenvalue weighted by atomic mass is 35.5. The van der Waals surface area contributed by atoms with Crippen LogP contribution in [0.4, 0.5) is 0 Å². The van der Waals surface area contributed by atoms with Gasteiger partial charge in [-0.15, -0.1) is 0 Å². The highest BCUT2D eigenvalue weighted by Gasteiger charge is 2.12. The van der Waals surface area contributed by atoms with E-state index in [0.29, 0.717) is 27.3 Å². The highest BCUT2D eigenvalue weighted by molar-refractivity contribution is 6.35. The number of methoxy groups -OCH3 is 1. The van der Waals surface area contributed by atoms with Crippen LogP contribution in [-0.2, 0) is 16.1 Å². The lowest BCUT2D eigenvalue weighted by Crippen LogP contribution is -2.02. The Kier molecular flexibility index (Phi) is 5.33. The van der Waals surface area contributed by atoms with Gasteiger partial charge in [0.15, 0.2) is 0 Å². The summed E-state index contributed by atoms with van der Waals surface area (Å²) in [6.07, 6.45) is 2.94. The summed E-state index contributed by atoms with van der Waals surface area (Å²) >= 11 is 18.3. The third kappa shape index (κ3) is 3.98. The van der Waals surface area contributed by atoms with E-state index >= 15 is 0 Å². The molecule has 0 atom stereocenters. The lowest BCUT2D eigenvalue weighted by Gasteiger charge is -2.06. The van der Waals surface area contributed by atoms with Crippen molar-refractivity contribution in [2.45, 2.75) is 6.54 Å². The molecule has 4 nitrogen and oxygen atoms in total. The zero-order valence-electron chi connectivity index (χ0n) is 13.2. The molecule has 0 amide bonds. The van der Waals surface area contributed by atoms with Gasteiger partial charge in [-0.2, -0.15) is 5.10 Å². The van der Waals surface area contributed by atoms with Gasteiger partial charge in [-0.25, -0.2) is 4.79 Å². The Morgan fingerprint density at radius 1 is 1.16 bits per heavy atom. The number of nitrogens with zero attached hydrogens (tertiary/aromatic N) is 2. The van der Waals surface area contributed by atoms with E-state index in [4.69, 9.17) is 34.8 Å². The van der Waals surface area contributed by atoms with E-state index in [2.05, 4.69) is 9.84 Å². The molecule has 25 heavy (non-hydrogen) atoms. The Balaban J connectivity index is 2.06. The molecule has 0 aliphatic heterocycles. The van der Waals surface area contributed by atoms with Crippen molar-refractivity contribution < 1.29 is 9.53 Å². The third-order valence-electron chi connectivity index (χ3n) is 3.66. The summed E-state index contributed by atoms with van der Waals surface area (Å²) in [5, 5.41) is 7.17. The maximum atomic E-state index is 11.4. The molecule has 0 saturated heterocycles. The average molecular weight is 396 g/mol. The highest BCUT2D eigenvalue weighted by Crippen LogP contribution is 2.27. The Hall–Kier alpha value is -2.01. The Morgan fingerprint density at radius 3 is 2.60 bits per heavy atom. The van der Waals surface area contributed by atoms with Crippen molar-refractivity contribution in [3.8, 4) is 0 Å². The second kappa shape index (κ2) is 7.48. The first kappa shape index (κ1) is 17.8. The van der Waals surface area contributed by atoms with Crippen LogP contribution in [0.3, 0.4) is 0 Å². The maximum Gasteiger partial charge on any atom is 0.330 e. The van der Waals surface area contributed by atoms with Crippen molar-refractivity contribution in [3.63, 3.8) is 0 Å². The summed E-state index contributed by atoms with van der Waals surface area (Å²) in [5.41, 5.74) is 2.35. The number of esters is 1. The fraction of sp³-hybridized carbons (Fsp3) is 0.111.